The van der Waals surface area contributed by atoms with E-state index in [2.05, 4.69) is 21.9 Å². The van der Waals surface area contributed by atoms with Crippen molar-refractivity contribution in [2.75, 3.05) is 20.0 Å². The first-order valence-electron chi connectivity index (χ1n) is 6.70. The zero-order valence-corrected chi connectivity index (χ0v) is 12.1. The molecule has 0 radical (unpaired) electrons. The maximum Gasteiger partial charge on any atom is 0.162 e. The van der Waals surface area contributed by atoms with E-state index in [1.807, 2.05) is 23.0 Å². The summed E-state index contributed by atoms with van der Waals surface area (Å²) in [5, 5.41) is 5.31. The summed E-state index contributed by atoms with van der Waals surface area (Å²) in [6, 6.07) is 6.04. The van der Waals surface area contributed by atoms with Gasteiger partial charge in [0.2, 0.25) is 0 Å². The number of methoxy groups -OCH3 is 2. The van der Waals surface area contributed by atoms with E-state index in [-0.39, 0.29) is 0 Å². The molecule has 1 aromatic carbocycles. The van der Waals surface area contributed by atoms with E-state index in [1.165, 1.54) is 0 Å². The van der Waals surface area contributed by atoms with E-state index in [0.29, 0.717) is 5.69 Å². The summed E-state index contributed by atoms with van der Waals surface area (Å²) in [5.41, 5.74) is 7.45. The third kappa shape index (κ3) is 2.52. The van der Waals surface area contributed by atoms with Crippen molar-refractivity contribution < 1.29 is 9.47 Å². The molecule has 0 aliphatic heterocycles. The highest BCUT2D eigenvalue weighted by Gasteiger charge is 2.09. The van der Waals surface area contributed by atoms with Crippen molar-refractivity contribution >= 4 is 16.6 Å². The molecule has 0 aliphatic rings. The molecule has 0 unspecified atom stereocenters. The monoisotopic (exact) mass is 286 g/mol. The Balaban J connectivity index is 1.88. The van der Waals surface area contributed by atoms with Gasteiger partial charge in [-0.1, -0.05) is 0 Å². The fourth-order valence-electron chi connectivity index (χ4n) is 2.42. The van der Waals surface area contributed by atoms with Crippen molar-refractivity contribution in [3.05, 3.63) is 36.8 Å². The molecule has 0 bridgehead atoms. The molecular weight excluding hydrogens is 268 g/mol. The minimum atomic E-state index is 0.679. The fraction of sp³-hybridized carbons (Fsp3) is 0.267. The van der Waals surface area contributed by atoms with Gasteiger partial charge < -0.3 is 19.8 Å². The van der Waals surface area contributed by atoms with E-state index in [0.717, 1.165) is 35.5 Å². The summed E-state index contributed by atoms with van der Waals surface area (Å²) < 4.78 is 14.7. The molecule has 0 fully saturated rings. The molecule has 2 aromatic heterocycles. The van der Waals surface area contributed by atoms with Crippen LogP contribution in [0.4, 0.5) is 5.69 Å². The molecule has 0 atom stereocenters. The average molecular weight is 286 g/mol. The quantitative estimate of drug-likeness (QED) is 0.780. The van der Waals surface area contributed by atoms with Crippen molar-refractivity contribution in [1.29, 1.82) is 0 Å². The number of ether oxygens (including phenoxy) is 2. The number of anilines is 1. The lowest BCUT2D eigenvalue weighted by molar-refractivity contribution is 0.355. The standard InChI is InChI=1S/C15H18N4O2/c1-20-14-7-11-3-4-18(13(11)8-15(14)21-2)5-6-19-10-12(16)9-17-19/h3-4,7-10H,5-6,16H2,1-2H3. The van der Waals surface area contributed by atoms with Gasteiger partial charge in [-0.2, -0.15) is 5.10 Å². The molecule has 110 valence electrons. The zero-order chi connectivity index (χ0) is 14.8. The second-order valence-electron chi connectivity index (χ2n) is 4.81. The number of nitrogen functional groups attached to an aromatic ring is 1. The van der Waals surface area contributed by atoms with Gasteiger partial charge in [-0.05, 0) is 12.1 Å². The van der Waals surface area contributed by atoms with Crippen LogP contribution in [-0.4, -0.2) is 28.6 Å². The van der Waals surface area contributed by atoms with Crippen LogP contribution < -0.4 is 15.2 Å². The van der Waals surface area contributed by atoms with Gasteiger partial charge in [-0.3, -0.25) is 4.68 Å². The number of hydrogen-bond acceptors (Lipinski definition) is 4. The zero-order valence-electron chi connectivity index (χ0n) is 12.1. The van der Waals surface area contributed by atoms with Crippen molar-refractivity contribution in [3.63, 3.8) is 0 Å². The summed E-state index contributed by atoms with van der Waals surface area (Å²) in [5.74, 6) is 1.47. The Hall–Kier alpha value is -2.63. The molecule has 0 saturated heterocycles. The van der Waals surface area contributed by atoms with Crippen LogP contribution in [0.5, 0.6) is 11.5 Å². The topological polar surface area (TPSA) is 67.2 Å². The molecule has 2 heterocycles. The van der Waals surface area contributed by atoms with Crippen LogP contribution in [0.1, 0.15) is 0 Å². The molecule has 3 aromatic rings. The van der Waals surface area contributed by atoms with Gasteiger partial charge in [0, 0.05) is 30.4 Å². The minimum absolute atomic E-state index is 0.679. The van der Waals surface area contributed by atoms with Crippen LogP contribution in [0.2, 0.25) is 0 Å². The molecule has 2 N–H and O–H groups in total. The first-order chi connectivity index (χ1) is 10.2. The normalized spacial score (nSPS) is 11.0. The number of rotatable bonds is 5. The van der Waals surface area contributed by atoms with Gasteiger partial charge in [0.05, 0.1) is 38.2 Å². The van der Waals surface area contributed by atoms with Gasteiger partial charge in [-0.15, -0.1) is 0 Å². The highest BCUT2D eigenvalue weighted by Crippen LogP contribution is 2.32. The van der Waals surface area contributed by atoms with Crippen LogP contribution in [0.25, 0.3) is 10.9 Å². The molecule has 0 aliphatic carbocycles. The molecule has 0 saturated carbocycles. The van der Waals surface area contributed by atoms with Gasteiger partial charge in [0.15, 0.2) is 11.5 Å². The van der Waals surface area contributed by atoms with E-state index in [9.17, 15) is 0 Å². The first kappa shape index (κ1) is 13.4. The van der Waals surface area contributed by atoms with Crippen molar-refractivity contribution in [2.24, 2.45) is 0 Å². The third-order valence-electron chi connectivity index (χ3n) is 3.50. The van der Waals surface area contributed by atoms with Gasteiger partial charge in [0.25, 0.3) is 0 Å². The summed E-state index contributed by atoms with van der Waals surface area (Å²) >= 11 is 0. The molecule has 21 heavy (non-hydrogen) atoms. The van der Waals surface area contributed by atoms with Gasteiger partial charge in [-0.25, -0.2) is 0 Å². The van der Waals surface area contributed by atoms with Crippen LogP contribution in [0.15, 0.2) is 36.8 Å². The van der Waals surface area contributed by atoms with Gasteiger partial charge >= 0.3 is 0 Å². The number of nitrogens with zero attached hydrogens (tertiary/aromatic N) is 3. The number of fused-ring (bicyclic) bond motifs is 1. The van der Waals surface area contributed by atoms with E-state index >= 15 is 0 Å². The van der Waals surface area contributed by atoms with Crippen molar-refractivity contribution in [1.82, 2.24) is 14.3 Å². The Labute approximate surface area is 122 Å². The minimum Gasteiger partial charge on any atom is -0.493 e. The van der Waals surface area contributed by atoms with Crippen LogP contribution in [0, 0.1) is 0 Å². The highest BCUT2D eigenvalue weighted by molar-refractivity contribution is 5.84. The van der Waals surface area contributed by atoms with Crippen molar-refractivity contribution in [3.8, 4) is 11.5 Å². The summed E-state index contributed by atoms with van der Waals surface area (Å²) in [4.78, 5) is 0. The Kier molecular flexibility index (Phi) is 3.43. The molecule has 0 amide bonds. The Morgan fingerprint density at radius 2 is 1.90 bits per heavy atom. The second kappa shape index (κ2) is 5.40. The number of aromatic nitrogens is 3. The highest BCUT2D eigenvalue weighted by atomic mass is 16.5. The lowest BCUT2D eigenvalue weighted by atomic mass is 10.2. The third-order valence-corrected chi connectivity index (χ3v) is 3.50. The largest absolute Gasteiger partial charge is 0.493 e. The number of hydrogen-bond donors (Lipinski definition) is 1. The maximum absolute atomic E-state index is 5.67. The molecular formula is C15H18N4O2. The number of aryl methyl sites for hydroxylation is 2. The van der Waals surface area contributed by atoms with Crippen molar-refractivity contribution in [2.45, 2.75) is 13.1 Å². The Bertz CT molecular complexity index is 760. The van der Waals surface area contributed by atoms with Gasteiger partial charge in [0.1, 0.15) is 0 Å². The average Bonchev–Trinajstić information content (AvgIpc) is 3.09. The Morgan fingerprint density at radius 1 is 1.14 bits per heavy atom. The summed E-state index contributed by atoms with van der Waals surface area (Å²) in [6.45, 7) is 1.56. The predicted octanol–water partition coefficient (Wildman–Crippen LogP) is 2.14. The number of nitrogens with two attached hydrogens (primary N) is 1. The van der Waals surface area contributed by atoms with E-state index < -0.39 is 0 Å². The smallest absolute Gasteiger partial charge is 0.162 e. The fourth-order valence-corrected chi connectivity index (χ4v) is 2.42. The first-order valence-corrected chi connectivity index (χ1v) is 6.70. The van der Waals surface area contributed by atoms with Crippen LogP contribution in [-0.2, 0) is 13.1 Å². The summed E-state index contributed by atoms with van der Waals surface area (Å²) in [7, 11) is 3.28. The number of benzene rings is 1. The summed E-state index contributed by atoms with van der Waals surface area (Å²) in [6.07, 6.45) is 5.54. The Morgan fingerprint density at radius 3 is 2.57 bits per heavy atom. The SMILES string of the molecule is COc1cc2ccn(CCn3cc(N)cn3)c2cc1OC. The molecule has 6 heteroatoms. The molecule has 3 rings (SSSR count). The maximum atomic E-state index is 5.67. The predicted molar refractivity (Wildman–Crippen MR) is 81.7 cm³/mol. The van der Waals surface area contributed by atoms with E-state index in [4.69, 9.17) is 15.2 Å². The van der Waals surface area contributed by atoms with Crippen LogP contribution in [0.3, 0.4) is 0 Å². The second-order valence-corrected chi connectivity index (χ2v) is 4.81. The molecule has 6 nitrogen and oxygen atoms in total. The molecule has 0 spiro atoms. The lowest BCUT2D eigenvalue weighted by Gasteiger charge is -2.10. The lowest BCUT2D eigenvalue weighted by Crippen LogP contribution is -2.06. The van der Waals surface area contributed by atoms with E-state index in [1.54, 1.807) is 20.4 Å². The van der Waals surface area contributed by atoms with Crippen LogP contribution >= 0.6 is 0 Å².